The molecule has 2 bridgehead atoms. The van der Waals surface area contributed by atoms with E-state index in [4.69, 9.17) is 34.8 Å². The summed E-state index contributed by atoms with van der Waals surface area (Å²) in [6.45, 7) is 2.11. The molecule has 1 unspecified atom stereocenters. The van der Waals surface area contributed by atoms with Gasteiger partial charge in [-0.2, -0.15) is 0 Å². The number of nitrogens with one attached hydrogen (secondary N) is 1. The highest BCUT2D eigenvalue weighted by atomic mass is 35.6. The van der Waals surface area contributed by atoms with Crippen LogP contribution in [0.2, 0.25) is 0 Å². The number of nitrogens with zero attached hydrogens (tertiary/aromatic N) is 1. The van der Waals surface area contributed by atoms with Gasteiger partial charge in [0.05, 0.1) is 6.04 Å². The first-order chi connectivity index (χ1) is 7.89. The molecule has 1 N–H and O–H groups in total. The second-order valence-electron chi connectivity index (χ2n) is 4.08. The molecule has 3 saturated heterocycles. The van der Waals surface area contributed by atoms with Crippen LogP contribution >= 0.6 is 42.7 Å². The standard InChI is InChI=1S/C9H12Cl3N2O2P/c10-9(11,12)8(16)13-5-6-7(15)17-3-1-14(6)2-4-17/h6H,1-5H2,(H,13,16). The van der Waals surface area contributed by atoms with Crippen LogP contribution in [0.25, 0.3) is 0 Å². The van der Waals surface area contributed by atoms with Gasteiger partial charge in [-0.05, 0) is 20.2 Å². The van der Waals surface area contributed by atoms with Crippen molar-refractivity contribution in [2.75, 3.05) is 32.0 Å². The van der Waals surface area contributed by atoms with Crippen LogP contribution in [0.1, 0.15) is 0 Å². The Morgan fingerprint density at radius 1 is 1.41 bits per heavy atom. The van der Waals surface area contributed by atoms with E-state index in [0.717, 1.165) is 25.4 Å². The number of rotatable bonds is 2. The lowest BCUT2D eigenvalue weighted by atomic mass is 10.2. The van der Waals surface area contributed by atoms with Crippen LogP contribution in [-0.4, -0.2) is 58.1 Å². The van der Waals surface area contributed by atoms with Crippen LogP contribution in [0.3, 0.4) is 0 Å². The maximum absolute atomic E-state index is 12.0. The maximum atomic E-state index is 12.0. The summed E-state index contributed by atoms with van der Waals surface area (Å²) in [5.41, 5.74) is 0.266. The molecule has 4 nitrogen and oxygen atoms in total. The lowest BCUT2D eigenvalue weighted by molar-refractivity contribution is -0.121. The first-order valence-corrected chi connectivity index (χ1v) is 8.12. The van der Waals surface area contributed by atoms with Gasteiger partial charge in [0, 0.05) is 19.6 Å². The summed E-state index contributed by atoms with van der Waals surface area (Å²) in [5, 5.41) is 2.52. The molecule has 0 aromatic carbocycles. The van der Waals surface area contributed by atoms with Crippen molar-refractivity contribution in [3.8, 4) is 0 Å². The van der Waals surface area contributed by atoms with Crippen molar-refractivity contribution in [2.24, 2.45) is 0 Å². The number of alkyl halides is 3. The lowest BCUT2D eigenvalue weighted by Gasteiger charge is -2.44. The summed E-state index contributed by atoms with van der Waals surface area (Å²) in [7, 11) is -0.494. The van der Waals surface area contributed by atoms with E-state index in [2.05, 4.69) is 10.2 Å². The molecular weight excluding hydrogens is 305 g/mol. The summed E-state index contributed by atoms with van der Waals surface area (Å²) in [6.07, 6.45) is 1.98. The van der Waals surface area contributed by atoms with E-state index in [0.29, 0.717) is 0 Å². The topological polar surface area (TPSA) is 49.4 Å². The molecule has 3 rings (SSSR count). The molecule has 0 aliphatic carbocycles. The minimum Gasteiger partial charge on any atom is -0.350 e. The minimum absolute atomic E-state index is 0.222. The van der Waals surface area contributed by atoms with Crippen molar-refractivity contribution in [1.82, 2.24) is 10.2 Å². The highest BCUT2D eigenvalue weighted by Crippen LogP contribution is 2.45. The Morgan fingerprint density at radius 3 is 2.47 bits per heavy atom. The zero-order valence-corrected chi connectivity index (χ0v) is 12.1. The average molecular weight is 318 g/mol. The monoisotopic (exact) mass is 316 g/mol. The molecule has 0 aromatic rings. The summed E-state index contributed by atoms with van der Waals surface area (Å²) in [6, 6.07) is -0.222. The summed E-state index contributed by atoms with van der Waals surface area (Å²) < 4.78 is -1.96. The fourth-order valence-corrected chi connectivity index (χ4v) is 4.66. The van der Waals surface area contributed by atoms with E-state index in [1.54, 1.807) is 0 Å². The number of carbonyl (C=O) groups excluding carboxylic acids is 2. The van der Waals surface area contributed by atoms with Crippen LogP contribution in [0.15, 0.2) is 0 Å². The van der Waals surface area contributed by atoms with Crippen molar-refractivity contribution in [3.05, 3.63) is 0 Å². The van der Waals surface area contributed by atoms with Gasteiger partial charge >= 0.3 is 0 Å². The van der Waals surface area contributed by atoms with Gasteiger partial charge in [-0.15, -0.1) is 0 Å². The van der Waals surface area contributed by atoms with Crippen molar-refractivity contribution >= 4 is 54.2 Å². The number of hydrogen-bond donors (Lipinski definition) is 1. The second-order valence-corrected chi connectivity index (χ2v) is 8.78. The van der Waals surface area contributed by atoms with Gasteiger partial charge in [0.1, 0.15) is 0 Å². The Kier molecular flexibility index (Phi) is 4.21. The smallest absolute Gasteiger partial charge is 0.272 e. The van der Waals surface area contributed by atoms with Gasteiger partial charge in [-0.1, -0.05) is 34.8 Å². The largest absolute Gasteiger partial charge is 0.350 e. The Balaban J connectivity index is 1.91. The lowest BCUT2D eigenvalue weighted by Crippen LogP contribution is -2.57. The van der Waals surface area contributed by atoms with E-state index in [-0.39, 0.29) is 18.1 Å². The third-order valence-electron chi connectivity index (χ3n) is 3.07. The summed E-state index contributed by atoms with van der Waals surface area (Å²) in [5.74, 6) is -0.675. The van der Waals surface area contributed by atoms with Gasteiger partial charge in [-0.3, -0.25) is 14.5 Å². The molecule has 0 aromatic heterocycles. The van der Waals surface area contributed by atoms with Crippen molar-refractivity contribution < 1.29 is 9.59 Å². The van der Waals surface area contributed by atoms with E-state index >= 15 is 0 Å². The Morgan fingerprint density at radius 2 is 2.00 bits per heavy atom. The zero-order valence-electron chi connectivity index (χ0n) is 8.96. The molecular formula is C9H12Cl3N2O2P. The Hall–Kier alpha value is 0.400. The third kappa shape index (κ3) is 3.05. The molecule has 3 fully saturated rings. The molecule has 0 spiro atoms. The second kappa shape index (κ2) is 5.18. The first-order valence-electron chi connectivity index (χ1n) is 5.27. The Bertz CT molecular complexity index is 340. The van der Waals surface area contributed by atoms with Crippen LogP contribution < -0.4 is 5.32 Å². The molecule has 17 heavy (non-hydrogen) atoms. The normalized spacial score (nSPS) is 32.6. The van der Waals surface area contributed by atoms with E-state index < -0.39 is 17.6 Å². The first kappa shape index (κ1) is 13.8. The summed E-state index contributed by atoms with van der Waals surface area (Å²) in [4.78, 5) is 25.5. The predicted octanol–water partition coefficient (Wildman–Crippen LogP) is 1.18. The predicted molar refractivity (Wildman–Crippen MR) is 70.3 cm³/mol. The van der Waals surface area contributed by atoms with Crippen molar-refractivity contribution in [2.45, 2.75) is 9.83 Å². The minimum atomic E-state index is -1.96. The van der Waals surface area contributed by atoms with Gasteiger partial charge in [0.2, 0.25) is 0 Å². The van der Waals surface area contributed by atoms with E-state index in [1.165, 1.54) is 0 Å². The maximum Gasteiger partial charge on any atom is 0.272 e. The molecule has 96 valence electrons. The molecule has 1 atom stereocenters. The quantitative estimate of drug-likeness (QED) is 0.614. The Labute approximate surface area is 116 Å². The fourth-order valence-electron chi connectivity index (χ4n) is 2.13. The average Bonchev–Trinajstić information content (AvgIpc) is 2.27. The highest BCUT2D eigenvalue weighted by Gasteiger charge is 2.41. The number of amides is 1. The number of carbonyl (C=O) groups is 2. The molecule has 0 saturated carbocycles. The number of halogens is 3. The third-order valence-corrected chi connectivity index (χ3v) is 5.98. The van der Waals surface area contributed by atoms with Crippen LogP contribution in [0.5, 0.6) is 0 Å². The molecule has 0 radical (unpaired) electrons. The van der Waals surface area contributed by atoms with Gasteiger partial charge in [0.25, 0.3) is 9.70 Å². The van der Waals surface area contributed by atoms with Crippen molar-refractivity contribution in [1.29, 1.82) is 0 Å². The molecule has 8 heteroatoms. The highest BCUT2D eigenvalue weighted by molar-refractivity contribution is 7.75. The zero-order chi connectivity index (χ0) is 12.6. The van der Waals surface area contributed by atoms with Gasteiger partial charge in [0.15, 0.2) is 5.52 Å². The van der Waals surface area contributed by atoms with Crippen LogP contribution in [-0.2, 0) is 9.59 Å². The number of fused-ring (bicyclic) bond motifs is 3. The fraction of sp³-hybridized carbons (Fsp3) is 0.778. The van der Waals surface area contributed by atoms with Gasteiger partial charge < -0.3 is 5.32 Å². The van der Waals surface area contributed by atoms with Crippen LogP contribution in [0.4, 0.5) is 0 Å². The van der Waals surface area contributed by atoms with Crippen molar-refractivity contribution in [3.63, 3.8) is 0 Å². The van der Waals surface area contributed by atoms with Gasteiger partial charge in [-0.25, -0.2) is 0 Å². The van der Waals surface area contributed by atoms with E-state index in [9.17, 15) is 9.59 Å². The molecule has 3 heterocycles. The molecule has 3 aliphatic rings. The van der Waals surface area contributed by atoms with Crippen LogP contribution in [0, 0.1) is 0 Å². The van der Waals surface area contributed by atoms with E-state index in [1.807, 2.05) is 0 Å². The summed E-state index contributed by atoms with van der Waals surface area (Å²) >= 11 is 16.3. The SMILES string of the molecule is O=C1C(CNC(=O)C(Cl)(Cl)Cl)N2CCP1CC2. The number of hydrogen-bond acceptors (Lipinski definition) is 3. The molecule has 3 aliphatic heterocycles. The molecule has 1 amide bonds.